The van der Waals surface area contributed by atoms with Gasteiger partial charge >= 0.3 is 5.69 Å². The highest BCUT2D eigenvalue weighted by Gasteiger charge is 2.11. The minimum absolute atomic E-state index is 0.410. The number of aryl methyl sites for hydroxylation is 1. The van der Waals surface area contributed by atoms with Crippen molar-refractivity contribution in [2.45, 2.75) is 13.8 Å². The topological polar surface area (TPSA) is 85.0 Å². The fourth-order valence-electron chi connectivity index (χ4n) is 3.13. The molecule has 0 aliphatic rings. The Morgan fingerprint density at radius 3 is 2.63 bits per heavy atom. The fraction of sp³-hybridized carbons (Fsp3) is 0.100. The number of para-hydroxylation sites is 1. The molecule has 0 aliphatic heterocycles. The molecule has 0 radical (unpaired) electrons. The predicted molar refractivity (Wildman–Crippen MR) is 105 cm³/mol. The van der Waals surface area contributed by atoms with Crippen molar-refractivity contribution in [1.29, 1.82) is 0 Å². The summed E-state index contributed by atoms with van der Waals surface area (Å²) >= 11 is 0. The van der Waals surface area contributed by atoms with Crippen LogP contribution >= 0.6 is 0 Å². The first kappa shape index (κ1) is 16.7. The van der Waals surface area contributed by atoms with Gasteiger partial charge in [-0.25, -0.2) is 9.78 Å². The van der Waals surface area contributed by atoms with Gasteiger partial charge in [0.15, 0.2) is 0 Å². The highest BCUT2D eigenvalue weighted by molar-refractivity contribution is 5.82. The van der Waals surface area contributed by atoms with Crippen LogP contribution in [0.25, 0.3) is 16.7 Å². The molecule has 134 valence electrons. The molecular formula is C20H17N5O2. The maximum Gasteiger partial charge on any atom is 0.349 e. The Balaban J connectivity index is 1.80. The summed E-state index contributed by atoms with van der Waals surface area (Å²) in [5.74, 6) is 0.799. The minimum atomic E-state index is -0.575. The number of H-pyrrole nitrogens is 1. The van der Waals surface area contributed by atoms with Crippen LogP contribution in [0.5, 0.6) is 0 Å². The van der Waals surface area contributed by atoms with E-state index in [0.29, 0.717) is 10.9 Å². The van der Waals surface area contributed by atoms with Crippen molar-refractivity contribution >= 4 is 17.1 Å². The molecule has 7 nitrogen and oxygen atoms in total. The SMILES string of the molecule is Cc1cc(C=Nn2c(=O)[nH]c3ccccc3c2=O)c(C)n1-c1ccccn1. The molecule has 0 saturated carbocycles. The van der Waals surface area contributed by atoms with E-state index in [9.17, 15) is 9.59 Å². The standard InChI is InChI=1S/C20H17N5O2/c1-13-11-15(14(2)24(13)18-9-5-6-10-21-18)12-22-25-19(26)16-7-3-4-8-17(16)23-20(25)27/h3-12H,1-2H3,(H,23,27). The van der Waals surface area contributed by atoms with E-state index in [4.69, 9.17) is 0 Å². The molecular weight excluding hydrogens is 342 g/mol. The molecule has 0 unspecified atom stereocenters. The number of hydrogen-bond acceptors (Lipinski definition) is 4. The number of nitrogens with zero attached hydrogens (tertiary/aromatic N) is 4. The van der Waals surface area contributed by atoms with Gasteiger partial charge in [0.2, 0.25) is 0 Å². The summed E-state index contributed by atoms with van der Waals surface area (Å²) in [6.07, 6.45) is 3.25. The third kappa shape index (κ3) is 2.89. The van der Waals surface area contributed by atoms with Crippen LogP contribution in [0.2, 0.25) is 0 Å². The van der Waals surface area contributed by atoms with Gasteiger partial charge in [-0.1, -0.05) is 18.2 Å². The van der Waals surface area contributed by atoms with E-state index < -0.39 is 11.2 Å². The molecule has 0 saturated heterocycles. The fourth-order valence-corrected chi connectivity index (χ4v) is 3.13. The quantitative estimate of drug-likeness (QED) is 0.570. The molecule has 0 bridgehead atoms. The summed E-state index contributed by atoms with van der Waals surface area (Å²) in [6.45, 7) is 3.91. The first-order chi connectivity index (χ1) is 13.1. The van der Waals surface area contributed by atoms with Crippen molar-refractivity contribution in [2.75, 3.05) is 0 Å². The predicted octanol–water partition coefficient (Wildman–Crippen LogP) is 2.37. The van der Waals surface area contributed by atoms with Gasteiger partial charge in [0.1, 0.15) is 5.82 Å². The molecule has 3 aromatic heterocycles. The van der Waals surface area contributed by atoms with E-state index in [2.05, 4.69) is 15.1 Å². The third-order valence-corrected chi connectivity index (χ3v) is 4.44. The van der Waals surface area contributed by atoms with E-state index in [1.54, 1.807) is 30.5 Å². The number of nitrogens with one attached hydrogen (secondary N) is 1. The zero-order valence-corrected chi connectivity index (χ0v) is 14.9. The average Bonchev–Trinajstić information content (AvgIpc) is 2.96. The maximum atomic E-state index is 12.6. The smallest absolute Gasteiger partial charge is 0.305 e. The number of rotatable bonds is 3. The van der Waals surface area contributed by atoms with Gasteiger partial charge in [-0.2, -0.15) is 5.10 Å². The number of aromatic amines is 1. The highest BCUT2D eigenvalue weighted by atomic mass is 16.2. The van der Waals surface area contributed by atoms with Gasteiger partial charge in [-0.3, -0.25) is 4.79 Å². The Morgan fingerprint density at radius 1 is 1.07 bits per heavy atom. The lowest BCUT2D eigenvalue weighted by molar-refractivity contribution is 0.771. The summed E-state index contributed by atoms with van der Waals surface area (Å²) in [4.78, 5) is 31.8. The van der Waals surface area contributed by atoms with Crippen LogP contribution in [0.4, 0.5) is 0 Å². The van der Waals surface area contributed by atoms with Crippen LogP contribution in [-0.4, -0.2) is 25.4 Å². The van der Waals surface area contributed by atoms with E-state index in [1.807, 2.05) is 42.7 Å². The van der Waals surface area contributed by atoms with E-state index >= 15 is 0 Å². The van der Waals surface area contributed by atoms with Crippen LogP contribution in [-0.2, 0) is 0 Å². The highest BCUT2D eigenvalue weighted by Crippen LogP contribution is 2.18. The average molecular weight is 359 g/mol. The Hall–Kier alpha value is -3.74. The second-order valence-electron chi connectivity index (χ2n) is 6.19. The normalized spacial score (nSPS) is 11.5. The molecule has 0 spiro atoms. The molecule has 3 heterocycles. The van der Waals surface area contributed by atoms with Crippen LogP contribution in [0.1, 0.15) is 17.0 Å². The lowest BCUT2D eigenvalue weighted by atomic mass is 10.2. The van der Waals surface area contributed by atoms with Crippen molar-refractivity contribution in [3.63, 3.8) is 0 Å². The van der Waals surface area contributed by atoms with Crippen LogP contribution in [0.3, 0.4) is 0 Å². The molecule has 4 aromatic rings. The molecule has 0 amide bonds. The zero-order valence-electron chi connectivity index (χ0n) is 14.9. The Bertz CT molecular complexity index is 1280. The van der Waals surface area contributed by atoms with Gasteiger partial charge in [-0.15, -0.1) is 4.68 Å². The third-order valence-electron chi connectivity index (χ3n) is 4.44. The maximum absolute atomic E-state index is 12.6. The Kier molecular flexibility index (Phi) is 4.04. The molecule has 0 atom stereocenters. The van der Waals surface area contributed by atoms with Crippen molar-refractivity contribution in [1.82, 2.24) is 19.2 Å². The largest absolute Gasteiger partial charge is 0.349 e. The molecule has 27 heavy (non-hydrogen) atoms. The first-order valence-corrected chi connectivity index (χ1v) is 8.45. The van der Waals surface area contributed by atoms with Crippen LogP contribution < -0.4 is 11.2 Å². The molecule has 0 fully saturated rings. The van der Waals surface area contributed by atoms with Crippen molar-refractivity contribution in [3.05, 3.63) is 92.5 Å². The summed E-state index contributed by atoms with van der Waals surface area (Å²) in [7, 11) is 0. The molecule has 1 aromatic carbocycles. The molecule has 0 aliphatic carbocycles. The van der Waals surface area contributed by atoms with Crippen LogP contribution in [0.15, 0.2) is 69.4 Å². The first-order valence-electron chi connectivity index (χ1n) is 8.45. The van der Waals surface area contributed by atoms with Crippen molar-refractivity contribution in [2.24, 2.45) is 5.10 Å². The van der Waals surface area contributed by atoms with Crippen molar-refractivity contribution < 1.29 is 0 Å². The summed E-state index contributed by atoms with van der Waals surface area (Å²) in [6, 6.07) is 14.5. The van der Waals surface area contributed by atoms with Crippen LogP contribution in [0, 0.1) is 13.8 Å². The monoisotopic (exact) mass is 359 g/mol. The molecule has 7 heteroatoms. The lowest BCUT2D eigenvalue weighted by Crippen LogP contribution is -2.32. The Morgan fingerprint density at radius 2 is 1.85 bits per heavy atom. The van der Waals surface area contributed by atoms with E-state index in [-0.39, 0.29) is 0 Å². The molecule has 4 rings (SSSR count). The minimum Gasteiger partial charge on any atom is -0.305 e. The van der Waals surface area contributed by atoms with Crippen molar-refractivity contribution in [3.8, 4) is 5.82 Å². The number of hydrogen-bond donors (Lipinski definition) is 1. The Labute approximate surface area is 154 Å². The summed E-state index contributed by atoms with van der Waals surface area (Å²) < 4.78 is 2.84. The number of pyridine rings is 1. The number of aromatic nitrogens is 4. The number of benzene rings is 1. The van der Waals surface area contributed by atoms with E-state index in [1.165, 1.54) is 6.21 Å². The second-order valence-corrected chi connectivity index (χ2v) is 6.19. The van der Waals surface area contributed by atoms with Gasteiger partial charge in [0.25, 0.3) is 5.56 Å². The molecule has 1 N–H and O–H groups in total. The number of fused-ring (bicyclic) bond motifs is 1. The van der Waals surface area contributed by atoms with E-state index in [0.717, 1.165) is 27.4 Å². The second kappa shape index (κ2) is 6.53. The summed E-state index contributed by atoms with van der Waals surface area (Å²) in [5, 5.41) is 4.55. The van der Waals surface area contributed by atoms with Gasteiger partial charge < -0.3 is 9.55 Å². The zero-order chi connectivity index (χ0) is 19.0. The van der Waals surface area contributed by atoms with Gasteiger partial charge in [0.05, 0.1) is 17.1 Å². The van der Waals surface area contributed by atoms with Gasteiger partial charge in [0, 0.05) is 23.1 Å². The van der Waals surface area contributed by atoms with Gasteiger partial charge in [-0.05, 0) is 44.2 Å². The summed E-state index contributed by atoms with van der Waals surface area (Å²) in [5.41, 5.74) is 2.16. The lowest BCUT2D eigenvalue weighted by Gasteiger charge is -2.07.